The van der Waals surface area contributed by atoms with Crippen LogP contribution in [0.4, 0.5) is 0 Å². The van der Waals surface area contributed by atoms with Crippen molar-refractivity contribution in [3.8, 4) is 0 Å². The smallest absolute Gasteiger partial charge is 0.303 e. The molecule has 0 aliphatic heterocycles. The van der Waals surface area contributed by atoms with Gasteiger partial charge in [-0.15, -0.1) is 0 Å². The van der Waals surface area contributed by atoms with E-state index in [1.807, 2.05) is 13.8 Å². The lowest BCUT2D eigenvalue weighted by Crippen LogP contribution is -2.55. The molecule has 0 aromatic rings. The molecule has 3 atom stereocenters. The Bertz CT molecular complexity index is 1870. The average molecular weight is 1530 g/mol. The Hall–Kier alpha value is -3.23. The largest absolute Gasteiger partial charge is 0.481 e. The number of carboxylic acid groups (broad SMARTS) is 1. The molecule has 0 spiro atoms. The van der Waals surface area contributed by atoms with Crippen molar-refractivity contribution in [1.82, 2.24) is 16.0 Å². The number of aliphatic carboxylic acids is 1. The van der Waals surface area contributed by atoms with E-state index in [9.17, 15) is 29.1 Å². The van der Waals surface area contributed by atoms with E-state index in [0.29, 0.717) is 330 Å². The van der Waals surface area contributed by atoms with Crippen molar-refractivity contribution in [3.05, 3.63) is 0 Å². The lowest BCUT2D eigenvalue weighted by molar-refractivity contribution is -0.139. The minimum Gasteiger partial charge on any atom is -0.481 e. The van der Waals surface area contributed by atoms with Gasteiger partial charge in [-0.1, -0.05) is 33.2 Å². The van der Waals surface area contributed by atoms with Gasteiger partial charge in [0.15, 0.2) is 5.78 Å². The first-order valence-corrected chi connectivity index (χ1v) is 38.7. The molecular formula is C69H136N4O30Si. The van der Waals surface area contributed by atoms with Gasteiger partial charge < -0.3 is 140 Å². The Morgan fingerprint density at radius 3 is 0.798 bits per heavy atom. The fourth-order valence-corrected chi connectivity index (χ4v) is 10.5. The topological polar surface area (TPSA) is 389 Å². The highest BCUT2D eigenvalue weighted by atomic mass is 28.2. The van der Waals surface area contributed by atoms with Gasteiger partial charge >= 0.3 is 5.97 Å². The predicted octanol–water partition coefficient (Wildman–Crippen LogP) is 0.105. The van der Waals surface area contributed by atoms with E-state index in [4.69, 9.17) is 119 Å². The van der Waals surface area contributed by atoms with Gasteiger partial charge in [0.1, 0.15) is 6.04 Å². The zero-order valence-corrected chi connectivity index (χ0v) is 65.1. The Kier molecular flexibility index (Phi) is 79.7. The van der Waals surface area contributed by atoms with Crippen LogP contribution in [0.25, 0.3) is 0 Å². The molecule has 34 nitrogen and oxygen atoms in total. The maximum Gasteiger partial charge on any atom is 0.303 e. The summed E-state index contributed by atoms with van der Waals surface area (Å²) in [5.41, 5.74) is 5.33. The van der Waals surface area contributed by atoms with E-state index < -0.39 is 44.9 Å². The molecule has 3 unspecified atom stereocenters. The fourth-order valence-electron chi connectivity index (χ4n) is 8.58. The van der Waals surface area contributed by atoms with Crippen molar-refractivity contribution < 1.29 is 143 Å². The van der Waals surface area contributed by atoms with Gasteiger partial charge in [0.05, 0.1) is 323 Å². The van der Waals surface area contributed by atoms with E-state index in [-0.39, 0.29) is 49.1 Å². The van der Waals surface area contributed by atoms with Crippen LogP contribution in [0, 0.1) is 5.92 Å². The van der Waals surface area contributed by atoms with Gasteiger partial charge in [0.25, 0.3) is 0 Å². The van der Waals surface area contributed by atoms with Gasteiger partial charge in [-0.3, -0.25) is 24.0 Å². The van der Waals surface area contributed by atoms with Crippen LogP contribution in [-0.4, -0.2) is 387 Å². The molecule has 0 saturated heterocycles. The number of carbonyl (C=O) groups is 5. The summed E-state index contributed by atoms with van der Waals surface area (Å²) in [6.07, 6.45) is 1.30. The number of ether oxygens (including phenoxy) is 24. The SMILES string of the molecule is COCCOCCOCCOCCOCCOCCOCCOCCOCCOCCOCCOCCOCCOCCOCCOCCOCCOCCOCCOCCOCCOCCOCCOCCC(=O)NCCCCC(NC(=O)C(CN)NC(=O)C(CC(=O)O)[SiH2]C(C)C)C(=O)C(C)C. The third-order valence-electron chi connectivity index (χ3n) is 14.0. The van der Waals surface area contributed by atoms with Gasteiger partial charge in [0.2, 0.25) is 17.7 Å². The number of hydrogen-bond acceptors (Lipinski definition) is 30. The molecule has 0 bridgehead atoms. The molecule has 6 N–H and O–H groups in total. The first-order chi connectivity index (χ1) is 50.9. The summed E-state index contributed by atoms with van der Waals surface area (Å²) in [6.45, 7) is 29.4. The standard InChI is InChI=1S/C69H136N4O30Si/c1-60(2)67(77)62(72-68(78)63(59-70)73-69(79)64(58-66(75)76)104-61(3)4)8-6-7-10-71-65(74)9-11-81-14-15-83-18-19-85-22-23-87-26-27-89-30-31-91-34-35-93-38-39-95-42-43-97-46-47-99-50-51-101-54-55-103-57-56-102-53-52-100-49-48-98-45-44-96-41-40-94-37-36-92-33-32-90-29-28-88-25-24-86-21-20-84-17-16-82-13-12-80-5/h60-64H,6-59,70,104H2,1-5H3,(H,71,74)(H,72,78)(H,73,79)(H,75,76). The van der Waals surface area contributed by atoms with Crippen molar-refractivity contribution in [1.29, 1.82) is 0 Å². The Morgan fingerprint density at radius 1 is 0.337 bits per heavy atom. The maximum atomic E-state index is 13.1. The summed E-state index contributed by atoms with van der Waals surface area (Å²) in [7, 11) is 0.555. The number of rotatable bonds is 88. The zero-order valence-electron chi connectivity index (χ0n) is 63.6. The third kappa shape index (κ3) is 75.6. The number of carboxylic acids is 1. The van der Waals surface area contributed by atoms with Gasteiger partial charge in [-0.05, 0) is 19.3 Å². The lowest BCUT2D eigenvalue weighted by Gasteiger charge is -2.25. The van der Waals surface area contributed by atoms with E-state index in [1.54, 1.807) is 21.0 Å². The highest BCUT2D eigenvalue weighted by molar-refractivity contribution is 6.46. The molecule has 0 heterocycles. The van der Waals surface area contributed by atoms with Crippen LogP contribution in [0.3, 0.4) is 0 Å². The Labute approximate surface area is 620 Å². The quantitative estimate of drug-likeness (QED) is 0.0398. The normalized spacial score (nSPS) is 12.7. The molecule has 0 aromatic heterocycles. The molecule has 616 valence electrons. The van der Waals surface area contributed by atoms with Crippen LogP contribution in [0.1, 0.15) is 59.8 Å². The first kappa shape index (κ1) is 101. The van der Waals surface area contributed by atoms with Crippen molar-refractivity contribution in [2.45, 2.75) is 83.0 Å². The van der Waals surface area contributed by atoms with E-state index in [0.717, 1.165) is 0 Å². The van der Waals surface area contributed by atoms with E-state index in [2.05, 4.69) is 16.0 Å². The number of amides is 3. The third-order valence-corrected chi connectivity index (χ3v) is 16.1. The summed E-state index contributed by atoms with van der Waals surface area (Å²) in [5.74, 6) is -2.90. The molecule has 0 aliphatic rings. The van der Waals surface area contributed by atoms with Crippen LogP contribution in [0.15, 0.2) is 0 Å². The van der Waals surface area contributed by atoms with E-state index in [1.165, 1.54) is 0 Å². The lowest BCUT2D eigenvalue weighted by atomic mass is 9.96. The van der Waals surface area contributed by atoms with Gasteiger partial charge in [-0.25, -0.2) is 0 Å². The number of nitrogens with two attached hydrogens (primary N) is 1. The van der Waals surface area contributed by atoms with Crippen LogP contribution in [0.2, 0.25) is 11.1 Å². The minimum atomic E-state index is -1.11. The van der Waals surface area contributed by atoms with Crippen LogP contribution in [0.5, 0.6) is 0 Å². The van der Waals surface area contributed by atoms with Crippen molar-refractivity contribution >= 4 is 39.0 Å². The fraction of sp³-hybridized carbons (Fsp3) is 0.928. The molecule has 0 fully saturated rings. The Morgan fingerprint density at radius 2 is 0.577 bits per heavy atom. The van der Waals surface area contributed by atoms with Gasteiger partial charge in [0, 0.05) is 47.6 Å². The summed E-state index contributed by atoms with van der Waals surface area (Å²) in [6, 6.07) is -1.92. The number of nitrogens with one attached hydrogen (secondary N) is 3. The minimum absolute atomic E-state index is 0.169. The van der Waals surface area contributed by atoms with Crippen molar-refractivity contribution in [3.63, 3.8) is 0 Å². The molecule has 0 aliphatic carbocycles. The number of unbranched alkanes of at least 4 members (excludes halogenated alkanes) is 1. The number of carbonyl (C=O) groups excluding carboxylic acids is 4. The molecule has 0 aromatic carbocycles. The molecule has 0 rings (SSSR count). The highest BCUT2D eigenvalue weighted by Gasteiger charge is 2.30. The number of ketones is 1. The zero-order chi connectivity index (χ0) is 75.8. The monoisotopic (exact) mass is 1530 g/mol. The van der Waals surface area contributed by atoms with Crippen molar-refractivity contribution in [2.24, 2.45) is 11.7 Å². The molecule has 0 radical (unpaired) electrons. The first-order valence-electron chi connectivity index (χ1n) is 37.0. The predicted molar refractivity (Wildman–Crippen MR) is 385 cm³/mol. The second-order valence-electron chi connectivity index (χ2n) is 23.5. The second-order valence-corrected chi connectivity index (χ2v) is 26.6. The summed E-state index contributed by atoms with van der Waals surface area (Å²) in [4.78, 5) is 62.7. The van der Waals surface area contributed by atoms with Crippen molar-refractivity contribution in [2.75, 3.05) is 331 Å². The van der Waals surface area contributed by atoms with Crippen LogP contribution < -0.4 is 21.7 Å². The molecular weight excluding hydrogens is 1390 g/mol. The number of hydrogen-bond donors (Lipinski definition) is 5. The molecule has 104 heavy (non-hydrogen) atoms. The molecule has 0 saturated carbocycles. The highest BCUT2D eigenvalue weighted by Crippen LogP contribution is 2.17. The van der Waals surface area contributed by atoms with Gasteiger partial charge in [-0.2, -0.15) is 0 Å². The molecule has 35 heteroatoms. The summed E-state index contributed by atoms with van der Waals surface area (Å²) in [5, 5.41) is 17.5. The molecule has 3 amide bonds. The Balaban J connectivity index is 3.36. The van der Waals surface area contributed by atoms with Crippen LogP contribution >= 0.6 is 0 Å². The number of Topliss-reactive ketones (excluding diaryl/α,β-unsaturated/α-hetero) is 1. The maximum absolute atomic E-state index is 13.1. The number of methoxy groups -OCH3 is 1. The van der Waals surface area contributed by atoms with E-state index >= 15 is 0 Å². The second kappa shape index (κ2) is 82.3. The summed E-state index contributed by atoms with van der Waals surface area (Å²) >= 11 is 0. The summed E-state index contributed by atoms with van der Waals surface area (Å²) < 4.78 is 132. The average Bonchev–Trinajstić information content (AvgIpc) is 0.905. The van der Waals surface area contributed by atoms with Crippen LogP contribution in [-0.2, 0) is 138 Å².